The number of hydrogen-bond acceptors (Lipinski definition) is 5. The number of ether oxygens (including phenoxy) is 2. The van der Waals surface area contributed by atoms with Crippen molar-refractivity contribution in [2.45, 2.75) is 45.8 Å². The van der Waals surface area contributed by atoms with E-state index in [1.165, 1.54) is 7.11 Å². The van der Waals surface area contributed by atoms with E-state index in [-0.39, 0.29) is 0 Å². The number of hydroxylamine groups is 1. The monoisotopic (exact) mass is 233 g/mol. The highest BCUT2D eigenvalue weighted by Crippen LogP contribution is 2.07. The highest BCUT2D eigenvalue weighted by Gasteiger charge is 2.21. The minimum absolute atomic E-state index is 0.391. The van der Waals surface area contributed by atoms with Crippen LogP contribution in [0.4, 0.5) is 4.79 Å². The number of esters is 1. The molecule has 0 aromatic heterocycles. The zero-order valence-electron chi connectivity index (χ0n) is 10.3. The molecular weight excluding hydrogens is 214 g/mol. The van der Waals surface area contributed by atoms with Crippen LogP contribution in [0.25, 0.3) is 0 Å². The summed E-state index contributed by atoms with van der Waals surface area (Å²) in [6.45, 7) is 6.91. The maximum atomic E-state index is 11.2. The number of carbonyl (C=O) groups excluding carboxylic acids is 2. The third-order valence-electron chi connectivity index (χ3n) is 1.52. The first-order valence-electron chi connectivity index (χ1n) is 5.02. The van der Waals surface area contributed by atoms with E-state index in [0.717, 1.165) is 0 Å². The van der Waals surface area contributed by atoms with E-state index in [1.54, 1.807) is 27.7 Å². The molecule has 0 aromatic carbocycles. The minimum Gasteiger partial charge on any atom is -0.467 e. The summed E-state index contributed by atoms with van der Waals surface area (Å²) >= 11 is 0. The van der Waals surface area contributed by atoms with Crippen LogP contribution in [-0.4, -0.2) is 30.9 Å². The van der Waals surface area contributed by atoms with Crippen molar-refractivity contribution in [1.82, 2.24) is 5.48 Å². The molecule has 0 rings (SSSR count). The molecule has 1 unspecified atom stereocenters. The van der Waals surface area contributed by atoms with Gasteiger partial charge in [0.2, 0.25) is 0 Å². The molecule has 0 aliphatic carbocycles. The van der Waals surface area contributed by atoms with Gasteiger partial charge < -0.3 is 9.47 Å². The van der Waals surface area contributed by atoms with Gasteiger partial charge in [0.25, 0.3) is 0 Å². The molecule has 94 valence electrons. The fourth-order valence-electron chi connectivity index (χ4n) is 0.848. The quantitative estimate of drug-likeness (QED) is 0.586. The van der Waals surface area contributed by atoms with Crippen LogP contribution < -0.4 is 5.48 Å². The lowest BCUT2D eigenvalue weighted by Crippen LogP contribution is -2.38. The van der Waals surface area contributed by atoms with Crippen molar-refractivity contribution in [2.75, 3.05) is 7.11 Å². The van der Waals surface area contributed by atoms with E-state index in [0.29, 0.717) is 6.42 Å². The van der Waals surface area contributed by atoms with E-state index >= 15 is 0 Å². The molecule has 6 heteroatoms. The van der Waals surface area contributed by atoms with Crippen molar-refractivity contribution in [3.63, 3.8) is 0 Å². The Morgan fingerprint density at radius 3 is 2.25 bits per heavy atom. The smallest absolute Gasteiger partial charge is 0.431 e. The van der Waals surface area contributed by atoms with E-state index in [2.05, 4.69) is 4.74 Å². The van der Waals surface area contributed by atoms with Gasteiger partial charge in [-0.2, -0.15) is 5.48 Å². The van der Waals surface area contributed by atoms with Gasteiger partial charge in [-0.05, 0) is 27.2 Å². The lowest BCUT2D eigenvalue weighted by Gasteiger charge is -2.20. The van der Waals surface area contributed by atoms with Gasteiger partial charge in [0.1, 0.15) is 5.60 Å². The van der Waals surface area contributed by atoms with Gasteiger partial charge in [-0.3, -0.25) is 4.84 Å². The number of methoxy groups -OCH3 is 1. The van der Waals surface area contributed by atoms with Crippen LogP contribution in [-0.2, 0) is 19.1 Å². The zero-order chi connectivity index (χ0) is 12.8. The third kappa shape index (κ3) is 6.23. The molecule has 0 fully saturated rings. The Bertz CT molecular complexity index is 246. The van der Waals surface area contributed by atoms with Crippen molar-refractivity contribution in [1.29, 1.82) is 0 Å². The lowest BCUT2D eigenvalue weighted by atomic mass is 10.2. The second kappa shape index (κ2) is 6.32. The van der Waals surface area contributed by atoms with Crippen LogP contribution in [0.2, 0.25) is 0 Å². The number of rotatable bonds is 4. The molecule has 0 saturated heterocycles. The first kappa shape index (κ1) is 14.7. The van der Waals surface area contributed by atoms with Gasteiger partial charge in [-0.15, -0.1) is 0 Å². The second-order valence-electron chi connectivity index (χ2n) is 4.14. The number of hydrogen-bond donors (Lipinski definition) is 1. The Balaban J connectivity index is 4.03. The summed E-state index contributed by atoms with van der Waals surface area (Å²) in [5.74, 6) is -0.543. The number of carbonyl (C=O) groups is 2. The number of nitrogens with one attached hydrogen (secondary N) is 1. The van der Waals surface area contributed by atoms with Gasteiger partial charge in [0.05, 0.1) is 7.11 Å². The summed E-state index contributed by atoms with van der Waals surface area (Å²) in [4.78, 5) is 27.1. The Hall–Kier alpha value is -1.30. The van der Waals surface area contributed by atoms with Crippen molar-refractivity contribution >= 4 is 12.1 Å². The van der Waals surface area contributed by atoms with Gasteiger partial charge in [0.15, 0.2) is 6.10 Å². The minimum atomic E-state index is -0.822. The average molecular weight is 233 g/mol. The summed E-state index contributed by atoms with van der Waals surface area (Å²) in [5.41, 5.74) is 1.43. The van der Waals surface area contributed by atoms with Crippen LogP contribution in [0, 0.1) is 0 Å². The topological polar surface area (TPSA) is 73.9 Å². The van der Waals surface area contributed by atoms with Crippen molar-refractivity contribution in [3.05, 3.63) is 0 Å². The Kier molecular flexibility index (Phi) is 5.81. The van der Waals surface area contributed by atoms with Crippen LogP contribution in [0.15, 0.2) is 0 Å². The zero-order valence-corrected chi connectivity index (χ0v) is 10.3. The number of amides is 1. The lowest BCUT2D eigenvalue weighted by molar-refractivity contribution is -0.158. The molecule has 0 spiro atoms. The molecule has 0 aromatic rings. The molecule has 1 N–H and O–H groups in total. The third-order valence-corrected chi connectivity index (χ3v) is 1.52. The highest BCUT2D eigenvalue weighted by atomic mass is 16.7. The van der Waals surface area contributed by atoms with Crippen LogP contribution in [0.1, 0.15) is 34.1 Å². The van der Waals surface area contributed by atoms with E-state index in [4.69, 9.17) is 9.57 Å². The summed E-state index contributed by atoms with van der Waals surface area (Å²) < 4.78 is 9.40. The standard InChI is InChI=1S/C10H19NO5/c1-6-7(8(12)14-5)16-11-9(13)15-10(2,3)4/h7H,6H2,1-5H3,(H,11,13). The van der Waals surface area contributed by atoms with Gasteiger partial charge >= 0.3 is 12.1 Å². The molecule has 0 saturated carbocycles. The predicted octanol–water partition coefficient (Wildman–Crippen LogP) is 1.39. The fourth-order valence-corrected chi connectivity index (χ4v) is 0.848. The molecule has 0 bridgehead atoms. The highest BCUT2D eigenvalue weighted by molar-refractivity contribution is 5.74. The van der Waals surface area contributed by atoms with Gasteiger partial charge in [-0.1, -0.05) is 6.92 Å². The molecule has 0 aliphatic rings. The van der Waals surface area contributed by atoms with Gasteiger partial charge in [-0.25, -0.2) is 9.59 Å². The molecule has 0 aliphatic heterocycles. The van der Waals surface area contributed by atoms with E-state index in [9.17, 15) is 9.59 Å². The molecule has 0 heterocycles. The van der Waals surface area contributed by atoms with Crippen molar-refractivity contribution < 1.29 is 23.9 Å². The molecule has 1 atom stereocenters. The van der Waals surface area contributed by atoms with Gasteiger partial charge in [0, 0.05) is 0 Å². The fraction of sp³-hybridized carbons (Fsp3) is 0.800. The summed E-state index contributed by atoms with van der Waals surface area (Å²) in [5, 5.41) is 0. The Labute approximate surface area is 95.2 Å². The molecule has 16 heavy (non-hydrogen) atoms. The second-order valence-corrected chi connectivity index (χ2v) is 4.14. The molecule has 1 amide bonds. The normalized spacial score (nSPS) is 12.8. The van der Waals surface area contributed by atoms with E-state index in [1.807, 2.05) is 5.48 Å². The van der Waals surface area contributed by atoms with Crippen LogP contribution >= 0.6 is 0 Å². The Morgan fingerprint density at radius 1 is 1.31 bits per heavy atom. The van der Waals surface area contributed by atoms with Crippen molar-refractivity contribution in [2.24, 2.45) is 0 Å². The first-order valence-corrected chi connectivity index (χ1v) is 5.02. The van der Waals surface area contributed by atoms with Crippen molar-refractivity contribution in [3.8, 4) is 0 Å². The predicted molar refractivity (Wildman–Crippen MR) is 56.5 cm³/mol. The molecular formula is C10H19NO5. The van der Waals surface area contributed by atoms with E-state index < -0.39 is 23.8 Å². The maximum Gasteiger partial charge on any atom is 0.431 e. The summed E-state index contributed by atoms with van der Waals surface area (Å²) in [6, 6.07) is 0. The summed E-state index contributed by atoms with van der Waals surface area (Å²) in [7, 11) is 1.25. The van der Waals surface area contributed by atoms with Crippen LogP contribution in [0.3, 0.4) is 0 Å². The maximum absolute atomic E-state index is 11.2. The van der Waals surface area contributed by atoms with Crippen LogP contribution in [0.5, 0.6) is 0 Å². The SMILES string of the molecule is CCC(ONC(=O)OC(C)(C)C)C(=O)OC. The summed E-state index contributed by atoms with van der Waals surface area (Å²) in [6.07, 6.45) is -1.17. The molecule has 0 radical (unpaired) electrons. The molecule has 6 nitrogen and oxygen atoms in total. The average Bonchev–Trinajstić information content (AvgIpc) is 2.15. The Morgan fingerprint density at radius 2 is 1.88 bits per heavy atom. The first-order chi connectivity index (χ1) is 7.30. The largest absolute Gasteiger partial charge is 0.467 e.